The van der Waals surface area contributed by atoms with Crippen LogP contribution in [0.1, 0.15) is 25.2 Å². The third-order valence-electron chi connectivity index (χ3n) is 3.77. The molecular formula is C12H20N4O3S. The number of nitrogens with one attached hydrogen (secondary N) is 1. The SMILES string of the molecule is Cc1nn(C)c(C)c1S(=O)(=O)N1CCNC(=O)C1(C)C. The predicted molar refractivity (Wildman–Crippen MR) is 73.7 cm³/mol. The van der Waals surface area contributed by atoms with Gasteiger partial charge in [-0.25, -0.2) is 8.42 Å². The first-order chi connectivity index (χ1) is 9.10. The number of aromatic nitrogens is 2. The van der Waals surface area contributed by atoms with Crippen molar-refractivity contribution in [1.82, 2.24) is 19.4 Å². The molecule has 1 amide bonds. The van der Waals surface area contributed by atoms with Gasteiger partial charge >= 0.3 is 0 Å². The second-order valence-corrected chi connectivity index (χ2v) is 7.31. The lowest BCUT2D eigenvalue weighted by molar-refractivity contribution is -0.131. The topological polar surface area (TPSA) is 84.3 Å². The molecule has 7 nitrogen and oxygen atoms in total. The van der Waals surface area contributed by atoms with E-state index in [1.54, 1.807) is 39.4 Å². The molecule has 0 aromatic carbocycles. The van der Waals surface area contributed by atoms with Crippen LogP contribution in [0.2, 0.25) is 0 Å². The van der Waals surface area contributed by atoms with E-state index in [0.29, 0.717) is 17.9 Å². The first kappa shape index (κ1) is 15.0. The normalized spacial score (nSPS) is 19.9. The molecule has 0 spiro atoms. The molecule has 8 heteroatoms. The molecule has 0 radical (unpaired) electrons. The number of amides is 1. The summed E-state index contributed by atoms with van der Waals surface area (Å²) in [6, 6.07) is 0. The maximum atomic E-state index is 12.9. The molecule has 1 aromatic heterocycles. The van der Waals surface area contributed by atoms with E-state index in [9.17, 15) is 13.2 Å². The average molecular weight is 300 g/mol. The Kier molecular flexibility index (Phi) is 3.42. The molecule has 1 aliphatic heterocycles. The van der Waals surface area contributed by atoms with Crippen molar-refractivity contribution in [2.45, 2.75) is 38.1 Å². The molecule has 0 saturated carbocycles. The van der Waals surface area contributed by atoms with Crippen LogP contribution in [0.25, 0.3) is 0 Å². The van der Waals surface area contributed by atoms with E-state index in [2.05, 4.69) is 10.4 Å². The lowest BCUT2D eigenvalue weighted by atomic mass is 10.0. The van der Waals surface area contributed by atoms with Crippen molar-refractivity contribution < 1.29 is 13.2 Å². The van der Waals surface area contributed by atoms with E-state index >= 15 is 0 Å². The Morgan fingerprint density at radius 2 is 1.90 bits per heavy atom. The Bertz CT molecular complexity index is 660. The Morgan fingerprint density at radius 1 is 1.30 bits per heavy atom. The summed E-state index contributed by atoms with van der Waals surface area (Å²) >= 11 is 0. The fourth-order valence-corrected chi connectivity index (χ4v) is 4.69. The predicted octanol–water partition coefficient (Wildman–Crippen LogP) is -0.0640. The van der Waals surface area contributed by atoms with Gasteiger partial charge in [0.2, 0.25) is 15.9 Å². The van der Waals surface area contributed by atoms with Crippen LogP contribution in [0, 0.1) is 13.8 Å². The maximum Gasteiger partial charge on any atom is 0.247 e. The molecule has 112 valence electrons. The van der Waals surface area contributed by atoms with Crippen molar-refractivity contribution in [3.05, 3.63) is 11.4 Å². The van der Waals surface area contributed by atoms with E-state index in [0.717, 1.165) is 0 Å². The minimum atomic E-state index is -3.75. The first-order valence-electron chi connectivity index (χ1n) is 6.41. The summed E-state index contributed by atoms with van der Waals surface area (Å²) < 4.78 is 28.6. The molecule has 0 aliphatic carbocycles. The van der Waals surface area contributed by atoms with Gasteiger partial charge in [0, 0.05) is 20.1 Å². The summed E-state index contributed by atoms with van der Waals surface area (Å²) in [5.74, 6) is -0.286. The third-order valence-corrected chi connectivity index (χ3v) is 6.10. The summed E-state index contributed by atoms with van der Waals surface area (Å²) in [6.45, 7) is 7.18. The summed E-state index contributed by atoms with van der Waals surface area (Å²) in [6.07, 6.45) is 0. The van der Waals surface area contributed by atoms with Crippen LogP contribution >= 0.6 is 0 Å². The van der Waals surface area contributed by atoms with E-state index in [-0.39, 0.29) is 17.3 Å². The van der Waals surface area contributed by atoms with E-state index in [4.69, 9.17) is 0 Å². The largest absolute Gasteiger partial charge is 0.353 e. The van der Waals surface area contributed by atoms with Crippen molar-refractivity contribution in [2.75, 3.05) is 13.1 Å². The number of piperazine rings is 1. The fourth-order valence-electron chi connectivity index (χ4n) is 2.54. The van der Waals surface area contributed by atoms with Crippen molar-refractivity contribution in [3.63, 3.8) is 0 Å². The first-order valence-corrected chi connectivity index (χ1v) is 7.85. The fraction of sp³-hybridized carbons (Fsp3) is 0.667. The van der Waals surface area contributed by atoms with Gasteiger partial charge in [0.05, 0.1) is 11.4 Å². The summed E-state index contributed by atoms with van der Waals surface area (Å²) in [7, 11) is -2.05. The number of aryl methyl sites for hydroxylation is 2. The van der Waals surface area contributed by atoms with Gasteiger partial charge in [0.1, 0.15) is 10.4 Å². The van der Waals surface area contributed by atoms with Gasteiger partial charge in [-0.05, 0) is 27.7 Å². The second-order valence-electron chi connectivity index (χ2n) is 5.52. The summed E-state index contributed by atoms with van der Waals surface area (Å²) in [4.78, 5) is 12.1. The van der Waals surface area contributed by atoms with Crippen molar-refractivity contribution >= 4 is 15.9 Å². The molecular weight excluding hydrogens is 280 g/mol. The second kappa shape index (κ2) is 4.56. The highest BCUT2D eigenvalue weighted by atomic mass is 32.2. The Balaban J connectivity index is 2.58. The Morgan fingerprint density at radius 3 is 2.40 bits per heavy atom. The lowest BCUT2D eigenvalue weighted by Gasteiger charge is -2.39. The molecule has 1 fully saturated rings. The van der Waals surface area contributed by atoms with Crippen LogP contribution in [-0.4, -0.2) is 47.0 Å². The standard InChI is InChI=1S/C12H20N4O3S/c1-8-10(9(2)15(5)14-8)20(18,19)16-7-6-13-11(17)12(16,3)4/h6-7H2,1-5H3,(H,13,17). The molecule has 1 aromatic rings. The maximum absolute atomic E-state index is 12.9. The van der Waals surface area contributed by atoms with Crippen LogP contribution < -0.4 is 5.32 Å². The summed E-state index contributed by atoms with van der Waals surface area (Å²) in [5, 5.41) is 6.84. The van der Waals surface area contributed by atoms with Gasteiger partial charge in [0.15, 0.2) is 0 Å². The lowest BCUT2D eigenvalue weighted by Crippen LogP contribution is -2.63. The number of carbonyl (C=O) groups excluding carboxylic acids is 1. The highest BCUT2D eigenvalue weighted by Gasteiger charge is 2.46. The van der Waals surface area contributed by atoms with E-state index in [1.165, 1.54) is 4.31 Å². The van der Waals surface area contributed by atoms with Gasteiger partial charge in [-0.2, -0.15) is 9.40 Å². The van der Waals surface area contributed by atoms with Crippen LogP contribution in [0.4, 0.5) is 0 Å². The van der Waals surface area contributed by atoms with Gasteiger partial charge in [-0.15, -0.1) is 0 Å². The van der Waals surface area contributed by atoms with Gasteiger partial charge in [-0.3, -0.25) is 9.48 Å². The smallest absolute Gasteiger partial charge is 0.247 e. The van der Waals surface area contributed by atoms with Gasteiger partial charge < -0.3 is 5.32 Å². The van der Waals surface area contributed by atoms with Crippen LogP contribution in [0.3, 0.4) is 0 Å². The molecule has 2 rings (SSSR count). The van der Waals surface area contributed by atoms with Crippen LogP contribution in [0.15, 0.2) is 4.90 Å². The minimum Gasteiger partial charge on any atom is -0.353 e. The molecule has 1 aliphatic rings. The molecule has 0 unspecified atom stereocenters. The molecule has 1 saturated heterocycles. The summed E-state index contributed by atoms with van der Waals surface area (Å²) in [5.41, 5.74) is -0.0812. The van der Waals surface area contributed by atoms with E-state index in [1.807, 2.05) is 0 Å². The molecule has 2 heterocycles. The molecule has 20 heavy (non-hydrogen) atoms. The number of sulfonamides is 1. The highest BCUT2D eigenvalue weighted by molar-refractivity contribution is 7.89. The zero-order chi connectivity index (χ0) is 15.3. The molecule has 0 atom stereocenters. The average Bonchev–Trinajstić information content (AvgIpc) is 2.56. The van der Waals surface area contributed by atoms with Crippen molar-refractivity contribution in [2.24, 2.45) is 7.05 Å². The third kappa shape index (κ3) is 2.03. The zero-order valence-corrected chi connectivity index (χ0v) is 13.2. The quantitative estimate of drug-likeness (QED) is 0.829. The minimum absolute atomic E-state index is 0.197. The van der Waals surface area contributed by atoms with Crippen molar-refractivity contribution in [3.8, 4) is 0 Å². The number of hydrogen-bond donors (Lipinski definition) is 1. The number of nitrogens with zero attached hydrogens (tertiary/aromatic N) is 3. The van der Waals surface area contributed by atoms with E-state index < -0.39 is 15.6 Å². The van der Waals surface area contributed by atoms with Gasteiger partial charge in [0.25, 0.3) is 0 Å². The monoisotopic (exact) mass is 300 g/mol. The Hall–Kier alpha value is -1.41. The Labute approximate surface area is 119 Å². The van der Waals surface area contributed by atoms with Crippen molar-refractivity contribution in [1.29, 1.82) is 0 Å². The van der Waals surface area contributed by atoms with Crippen LogP contribution in [0.5, 0.6) is 0 Å². The molecule has 0 bridgehead atoms. The highest BCUT2D eigenvalue weighted by Crippen LogP contribution is 2.29. The van der Waals surface area contributed by atoms with Gasteiger partial charge in [-0.1, -0.05) is 0 Å². The number of rotatable bonds is 2. The number of carbonyl (C=O) groups is 1. The number of hydrogen-bond acceptors (Lipinski definition) is 4. The molecule has 1 N–H and O–H groups in total. The van der Waals surface area contributed by atoms with Crippen LogP contribution in [-0.2, 0) is 21.9 Å². The zero-order valence-electron chi connectivity index (χ0n) is 12.4.